The third kappa shape index (κ3) is 21.9. The SMILES string of the molecule is COP(=O)(OC)OP(=O)(O)O.O=P([O-])([O-])OP(=O)([O-])O.[Nd+3]. The zero-order valence-corrected chi connectivity index (χ0v) is 16.9. The van der Waals surface area contributed by atoms with Crippen molar-refractivity contribution in [2.24, 2.45) is 0 Å². The van der Waals surface area contributed by atoms with Crippen LogP contribution in [0.15, 0.2) is 0 Å². The van der Waals surface area contributed by atoms with E-state index in [-0.39, 0.29) is 40.8 Å². The monoisotopic (exact) mass is 523 g/mol. The average Bonchev–Trinajstić information content (AvgIpc) is 2.10. The predicted molar refractivity (Wildman–Crippen MR) is 53.3 cm³/mol. The van der Waals surface area contributed by atoms with Crippen LogP contribution in [0.2, 0.25) is 0 Å². The fourth-order valence-corrected chi connectivity index (χ4v) is 3.13. The molecule has 0 heterocycles. The standard InChI is InChI=1S/C2H8O7P2.Nd.H4O7P2/c1-7-11(6,8-2)9-10(3,4)5;;1-8(2,3)7-9(4,5)6/h1-2H3,(H2,3,4,5);;(H2,1,2,3)(H2,4,5,6)/q;+3;/p-3. The molecule has 0 aromatic heterocycles. The maximum Gasteiger partial charge on any atom is 3.00 e. The number of phosphoric ester groups is 1. The molecule has 0 aliphatic rings. The van der Waals surface area contributed by atoms with Crippen LogP contribution in [-0.4, -0.2) is 28.9 Å². The summed E-state index contributed by atoms with van der Waals surface area (Å²) in [6.07, 6.45) is 0. The predicted octanol–water partition coefficient (Wildman–Crippen LogP) is -2.21. The van der Waals surface area contributed by atoms with E-state index in [1.54, 1.807) is 0 Å². The van der Waals surface area contributed by atoms with E-state index >= 15 is 0 Å². The van der Waals surface area contributed by atoms with E-state index in [2.05, 4.69) is 17.7 Å². The third-order valence-corrected chi connectivity index (χ3v) is 5.03. The molecule has 0 saturated carbocycles. The molecule has 14 nitrogen and oxygen atoms in total. The average molecular weight is 525 g/mol. The molecule has 0 amide bonds. The molecule has 1 radical (unpaired) electrons. The zero-order chi connectivity index (χ0) is 16.8. The third-order valence-electron chi connectivity index (χ3n) is 0.857. The molecular formula is C2H9NdO14P4. The summed E-state index contributed by atoms with van der Waals surface area (Å²) in [5, 5.41) is 0. The Morgan fingerprint density at radius 1 is 0.810 bits per heavy atom. The van der Waals surface area contributed by atoms with Crippen molar-refractivity contribution in [2.45, 2.75) is 0 Å². The summed E-state index contributed by atoms with van der Waals surface area (Å²) >= 11 is 0. The van der Waals surface area contributed by atoms with Crippen LogP contribution in [0.5, 0.6) is 0 Å². The van der Waals surface area contributed by atoms with Crippen molar-refractivity contribution >= 4 is 31.3 Å². The smallest absolute Gasteiger partial charge is 0.790 e. The molecule has 0 rings (SSSR count). The molecule has 3 N–H and O–H groups in total. The largest absolute Gasteiger partial charge is 3.00 e. The van der Waals surface area contributed by atoms with Gasteiger partial charge in [0, 0.05) is 14.2 Å². The van der Waals surface area contributed by atoms with Gasteiger partial charge in [-0.15, -0.1) is 0 Å². The Kier molecular flexibility index (Phi) is 14.1. The number of phosphoric acid groups is 4. The summed E-state index contributed by atoms with van der Waals surface area (Å²) in [4.78, 5) is 52.1. The van der Waals surface area contributed by atoms with Crippen molar-refractivity contribution in [3.05, 3.63) is 0 Å². The Bertz CT molecular complexity index is 439. The molecule has 0 aliphatic heterocycles. The van der Waals surface area contributed by atoms with Gasteiger partial charge >= 0.3 is 56.5 Å². The number of rotatable bonds is 6. The van der Waals surface area contributed by atoms with Gasteiger partial charge in [0.2, 0.25) is 0 Å². The van der Waals surface area contributed by atoms with Gasteiger partial charge in [0.05, 0.1) is 7.82 Å². The van der Waals surface area contributed by atoms with E-state index in [0.29, 0.717) is 0 Å². The second-order valence-electron chi connectivity index (χ2n) is 2.38. The molecule has 21 heavy (non-hydrogen) atoms. The first-order valence-electron chi connectivity index (χ1n) is 3.79. The first kappa shape index (κ1) is 27.7. The van der Waals surface area contributed by atoms with Gasteiger partial charge in [0.15, 0.2) is 0 Å². The minimum atomic E-state index is -5.61. The van der Waals surface area contributed by atoms with Crippen LogP contribution >= 0.6 is 31.3 Å². The van der Waals surface area contributed by atoms with E-state index in [1.165, 1.54) is 0 Å². The van der Waals surface area contributed by atoms with Gasteiger partial charge in [-0.25, -0.2) is 9.13 Å². The van der Waals surface area contributed by atoms with E-state index in [0.717, 1.165) is 14.2 Å². The summed E-state index contributed by atoms with van der Waals surface area (Å²) < 4.78 is 54.2. The Morgan fingerprint density at radius 2 is 1.14 bits per heavy atom. The zero-order valence-electron chi connectivity index (χ0n) is 10.1. The van der Waals surface area contributed by atoms with Crippen LogP contribution in [0, 0.1) is 40.8 Å². The van der Waals surface area contributed by atoms with Crippen molar-refractivity contribution in [3.8, 4) is 0 Å². The van der Waals surface area contributed by atoms with Crippen molar-refractivity contribution in [2.75, 3.05) is 14.2 Å². The molecule has 0 fully saturated rings. The van der Waals surface area contributed by atoms with E-state index in [4.69, 9.17) is 14.7 Å². The quantitative estimate of drug-likeness (QED) is 0.312. The Hall–Kier alpha value is 1.87. The normalized spacial score (nSPS) is 15.2. The Morgan fingerprint density at radius 3 is 1.19 bits per heavy atom. The van der Waals surface area contributed by atoms with E-state index < -0.39 is 31.3 Å². The van der Waals surface area contributed by atoms with Gasteiger partial charge in [0.1, 0.15) is 0 Å². The van der Waals surface area contributed by atoms with Crippen LogP contribution in [0.3, 0.4) is 0 Å². The second kappa shape index (κ2) is 10.7. The van der Waals surface area contributed by atoms with Crippen molar-refractivity contribution < 1.29 is 106 Å². The van der Waals surface area contributed by atoms with Crippen LogP contribution in [-0.2, 0) is 35.9 Å². The summed E-state index contributed by atoms with van der Waals surface area (Å²) in [6, 6.07) is 0. The maximum atomic E-state index is 10.8. The van der Waals surface area contributed by atoms with Gasteiger partial charge in [-0.3, -0.25) is 17.9 Å². The van der Waals surface area contributed by atoms with Crippen molar-refractivity contribution in [1.82, 2.24) is 0 Å². The fourth-order valence-electron chi connectivity index (χ4n) is 0.398. The molecule has 19 heteroatoms. The van der Waals surface area contributed by atoms with Gasteiger partial charge in [-0.05, 0) is 0 Å². The van der Waals surface area contributed by atoms with Crippen LogP contribution in [0.4, 0.5) is 0 Å². The molecule has 0 aliphatic carbocycles. The molecule has 1 atom stereocenters. The van der Waals surface area contributed by atoms with Crippen molar-refractivity contribution in [1.29, 1.82) is 0 Å². The molecule has 0 saturated heterocycles. The number of hydrogen-bond acceptors (Lipinski definition) is 11. The van der Waals surface area contributed by atoms with E-state index in [1.807, 2.05) is 0 Å². The summed E-state index contributed by atoms with van der Waals surface area (Å²) in [6.45, 7) is 0. The van der Waals surface area contributed by atoms with E-state index in [9.17, 15) is 32.9 Å². The molecule has 0 spiro atoms. The molecule has 1 unspecified atom stereocenters. The minimum Gasteiger partial charge on any atom is -0.790 e. The fraction of sp³-hybridized carbons (Fsp3) is 1.00. The first-order chi connectivity index (χ1) is 8.54. The Labute approximate surface area is 151 Å². The second-order valence-corrected chi connectivity index (χ2v) is 8.13. The Balaban J connectivity index is -0.000000300. The number of hydrogen-bond donors (Lipinski definition) is 3. The van der Waals surface area contributed by atoms with Gasteiger partial charge in [-0.1, -0.05) is 0 Å². The van der Waals surface area contributed by atoms with Gasteiger partial charge in [-0.2, -0.15) is 4.31 Å². The van der Waals surface area contributed by atoms with Crippen LogP contribution in [0.1, 0.15) is 0 Å². The summed E-state index contributed by atoms with van der Waals surface area (Å²) in [5.41, 5.74) is 0. The van der Waals surface area contributed by atoms with Crippen LogP contribution < -0.4 is 14.7 Å². The molecule has 0 bridgehead atoms. The summed E-state index contributed by atoms with van der Waals surface area (Å²) in [5.74, 6) is 0. The molecule has 0 aromatic carbocycles. The summed E-state index contributed by atoms with van der Waals surface area (Å²) in [7, 11) is -18.0. The maximum absolute atomic E-state index is 10.8. The molecule has 125 valence electrons. The van der Waals surface area contributed by atoms with Crippen LogP contribution in [0.25, 0.3) is 0 Å². The minimum absolute atomic E-state index is 0. The van der Waals surface area contributed by atoms with Gasteiger partial charge < -0.3 is 33.9 Å². The molecular weight excluding hydrogens is 516 g/mol. The first-order valence-corrected chi connectivity index (χ1v) is 9.74. The topological polar surface area (TPSA) is 235 Å². The van der Waals surface area contributed by atoms with Crippen molar-refractivity contribution in [3.63, 3.8) is 0 Å². The van der Waals surface area contributed by atoms with Gasteiger partial charge in [0.25, 0.3) is 7.82 Å². The molecule has 0 aromatic rings.